The van der Waals surface area contributed by atoms with Crippen LogP contribution in [-0.2, 0) is 16.0 Å². The Morgan fingerprint density at radius 3 is 2.77 bits per heavy atom. The van der Waals surface area contributed by atoms with E-state index in [2.05, 4.69) is 21.8 Å². The Kier molecular flexibility index (Phi) is 5.84. The van der Waals surface area contributed by atoms with Crippen LogP contribution in [0.2, 0.25) is 0 Å². The number of aromatic nitrogens is 2. The van der Waals surface area contributed by atoms with E-state index in [1.807, 2.05) is 36.7 Å². The van der Waals surface area contributed by atoms with E-state index in [0.717, 1.165) is 36.9 Å². The highest BCUT2D eigenvalue weighted by atomic mass is 19.1. The molecule has 1 N–H and O–H groups in total. The van der Waals surface area contributed by atoms with E-state index in [9.17, 15) is 4.79 Å². The first kappa shape index (κ1) is 21.1. The van der Waals surface area contributed by atoms with Crippen LogP contribution in [0.1, 0.15) is 11.3 Å². The monoisotopic (exact) mass is 426 g/mol. The summed E-state index contributed by atoms with van der Waals surface area (Å²) in [5.41, 5.74) is 2.30. The molecule has 0 radical (unpaired) electrons. The maximum Gasteiger partial charge on any atom is 0.247 e. The van der Waals surface area contributed by atoms with Gasteiger partial charge in [-0.2, -0.15) is 0 Å². The third-order valence-corrected chi connectivity index (χ3v) is 5.38. The summed E-state index contributed by atoms with van der Waals surface area (Å²) in [6, 6.07) is 5.97. The Balaban J connectivity index is 1.81. The summed E-state index contributed by atoms with van der Waals surface area (Å²) in [4.78, 5) is 18.2. The molecule has 4 rings (SSSR count). The van der Waals surface area contributed by atoms with Crippen LogP contribution in [0.15, 0.2) is 43.1 Å². The van der Waals surface area contributed by atoms with Gasteiger partial charge < -0.3 is 19.4 Å². The number of ether oxygens (including phenoxy) is 1. The van der Waals surface area contributed by atoms with Crippen LogP contribution in [0.25, 0.3) is 16.9 Å². The van der Waals surface area contributed by atoms with E-state index in [-0.39, 0.29) is 23.0 Å². The van der Waals surface area contributed by atoms with Crippen molar-refractivity contribution in [2.75, 3.05) is 32.1 Å². The molecular formula is C23H24F2N4O2. The molecule has 0 spiro atoms. The SMILES string of the molecule is C=CC(=O)Nc1cc(F)c(-c2nc3cc(C)ccn3c2CC2CN(C)CCO2)c(F)c1. The number of rotatable bonds is 5. The van der Waals surface area contributed by atoms with Gasteiger partial charge in [0.25, 0.3) is 0 Å². The average Bonchev–Trinajstić information content (AvgIpc) is 3.04. The number of pyridine rings is 1. The molecular weight excluding hydrogens is 402 g/mol. The van der Waals surface area contributed by atoms with Gasteiger partial charge >= 0.3 is 0 Å². The van der Waals surface area contributed by atoms with Crippen molar-refractivity contribution in [2.45, 2.75) is 19.4 Å². The fourth-order valence-electron chi connectivity index (χ4n) is 3.86. The van der Waals surface area contributed by atoms with Gasteiger partial charge in [-0.05, 0) is 49.9 Å². The van der Waals surface area contributed by atoms with Crippen molar-refractivity contribution >= 4 is 17.2 Å². The summed E-state index contributed by atoms with van der Waals surface area (Å²) < 4.78 is 37.9. The van der Waals surface area contributed by atoms with E-state index in [1.54, 1.807) is 0 Å². The van der Waals surface area contributed by atoms with E-state index in [4.69, 9.17) is 4.74 Å². The summed E-state index contributed by atoms with van der Waals surface area (Å²) in [6.07, 6.45) is 3.24. The predicted molar refractivity (Wildman–Crippen MR) is 115 cm³/mol. The Morgan fingerprint density at radius 1 is 1.35 bits per heavy atom. The van der Waals surface area contributed by atoms with E-state index < -0.39 is 17.5 Å². The fourth-order valence-corrected chi connectivity index (χ4v) is 3.86. The summed E-state index contributed by atoms with van der Waals surface area (Å²) >= 11 is 0. The Hall–Kier alpha value is -3.10. The van der Waals surface area contributed by atoms with Gasteiger partial charge in [0.05, 0.1) is 29.7 Å². The Bertz CT molecular complexity index is 1130. The van der Waals surface area contributed by atoms with Crippen LogP contribution in [0.3, 0.4) is 0 Å². The maximum atomic E-state index is 15.1. The van der Waals surface area contributed by atoms with Gasteiger partial charge in [0.1, 0.15) is 17.3 Å². The second kappa shape index (κ2) is 8.56. The highest BCUT2D eigenvalue weighted by Gasteiger charge is 2.26. The van der Waals surface area contributed by atoms with E-state index >= 15 is 8.78 Å². The molecule has 1 aliphatic heterocycles. The maximum absolute atomic E-state index is 15.1. The third-order valence-electron chi connectivity index (χ3n) is 5.38. The summed E-state index contributed by atoms with van der Waals surface area (Å²) in [7, 11) is 2.02. The number of fused-ring (bicyclic) bond motifs is 1. The van der Waals surface area contributed by atoms with Gasteiger partial charge in [0.2, 0.25) is 5.91 Å². The Labute approximate surface area is 179 Å². The summed E-state index contributed by atoms with van der Waals surface area (Å²) in [6.45, 7) is 7.45. The molecule has 1 fully saturated rings. The number of anilines is 1. The van der Waals surface area contributed by atoms with Crippen molar-refractivity contribution in [3.05, 3.63) is 66.0 Å². The number of nitrogens with one attached hydrogen (secondary N) is 1. The van der Waals surface area contributed by atoms with E-state index in [1.165, 1.54) is 0 Å². The molecule has 0 saturated carbocycles. The van der Waals surface area contributed by atoms with Crippen LogP contribution in [0, 0.1) is 18.6 Å². The first-order valence-corrected chi connectivity index (χ1v) is 10.1. The normalized spacial score (nSPS) is 17.1. The van der Waals surface area contributed by atoms with Gasteiger partial charge in [0.15, 0.2) is 0 Å². The first-order chi connectivity index (χ1) is 14.9. The third kappa shape index (κ3) is 4.35. The molecule has 2 aromatic heterocycles. The Morgan fingerprint density at radius 2 is 2.10 bits per heavy atom. The zero-order chi connectivity index (χ0) is 22.1. The molecule has 1 saturated heterocycles. The molecule has 1 amide bonds. The minimum atomic E-state index is -0.803. The lowest BCUT2D eigenvalue weighted by Crippen LogP contribution is -2.41. The smallest absolute Gasteiger partial charge is 0.247 e. The lowest BCUT2D eigenvalue weighted by molar-refractivity contribution is -0.111. The number of carbonyl (C=O) groups excluding carboxylic acids is 1. The zero-order valence-electron chi connectivity index (χ0n) is 17.5. The molecule has 1 aliphatic rings. The van der Waals surface area contributed by atoms with Crippen LogP contribution >= 0.6 is 0 Å². The molecule has 1 aromatic carbocycles. The number of amides is 1. The summed E-state index contributed by atoms with van der Waals surface area (Å²) in [5.74, 6) is -2.15. The molecule has 31 heavy (non-hydrogen) atoms. The number of carbonyl (C=O) groups is 1. The van der Waals surface area contributed by atoms with Gasteiger partial charge in [-0.25, -0.2) is 13.8 Å². The fraction of sp³-hybridized carbons (Fsp3) is 0.304. The van der Waals surface area contributed by atoms with Crippen molar-refractivity contribution in [1.29, 1.82) is 0 Å². The van der Waals surface area contributed by atoms with Crippen molar-refractivity contribution in [3.63, 3.8) is 0 Å². The van der Waals surface area contributed by atoms with Gasteiger partial charge in [-0.15, -0.1) is 0 Å². The molecule has 0 bridgehead atoms. The summed E-state index contributed by atoms with van der Waals surface area (Å²) in [5, 5.41) is 2.38. The number of morpholine rings is 1. The van der Waals surface area contributed by atoms with Crippen LogP contribution < -0.4 is 5.32 Å². The highest BCUT2D eigenvalue weighted by Crippen LogP contribution is 2.33. The number of nitrogens with zero attached hydrogens (tertiary/aromatic N) is 3. The van der Waals surface area contributed by atoms with Gasteiger partial charge in [0, 0.05) is 31.4 Å². The van der Waals surface area contributed by atoms with Gasteiger partial charge in [-0.1, -0.05) is 6.58 Å². The minimum Gasteiger partial charge on any atom is -0.375 e. The number of halogens is 2. The van der Waals surface area contributed by atoms with Crippen molar-refractivity contribution in [3.8, 4) is 11.3 Å². The highest BCUT2D eigenvalue weighted by molar-refractivity contribution is 5.99. The van der Waals surface area contributed by atoms with E-state index in [0.29, 0.717) is 24.4 Å². The molecule has 3 heterocycles. The molecule has 0 aliphatic carbocycles. The zero-order valence-corrected chi connectivity index (χ0v) is 17.5. The molecule has 162 valence electrons. The van der Waals surface area contributed by atoms with Crippen LogP contribution in [-0.4, -0.2) is 53.0 Å². The molecule has 3 aromatic rings. The number of likely N-dealkylation sites (N-methyl/N-ethyl adjacent to an activating group) is 1. The quantitative estimate of drug-likeness (QED) is 0.634. The van der Waals surface area contributed by atoms with Crippen molar-refractivity contribution < 1.29 is 18.3 Å². The standard InChI is InChI=1S/C23H24F2N4O2/c1-4-21(30)26-15-10-17(24)22(18(25)11-15)23-19(12-16-13-28(3)7-8-31-16)29-6-5-14(2)9-20(29)27-23/h4-6,9-11,16H,1,7-8,12-13H2,2-3H3,(H,26,30). The molecule has 6 nitrogen and oxygen atoms in total. The molecule has 8 heteroatoms. The van der Waals surface area contributed by atoms with Gasteiger partial charge in [-0.3, -0.25) is 4.79 Å². The van der Waals surface area contributed by atoms with Crippen LogP contribution in [0.5, 0.6) is 0 Å². The number of hydrogen-bond donors (Lipinski definition) is 1. The second-order valence-electron chi connectivity index (χ2n) is 7.81. The molecule has 1 unspecified atom stereocenters. The molecule has 1 atom stereocenters. The lowest BCUT2D eigenvalue weighted by Gasteiger charge is -2.30. The largest absolute Gasteiger partial charge is 0.375 e. The average molecular weight is 426 g/mol. The first-order valence-electron chi connectivity index (χ1n) is 10.1. The van der Waals surface area contributed by atoms with Crippen molar-refractivity contribution in [1.82, 2.24) is 14.3 Å². The number of aryl methyl sites for hydroxylation is 1. The second-order valence-corrected chi connectivity index (χ2v) is 7.81. The number of hydrogen-bond acceptors (Lipinski definition) is 4. The predicted octanol–water partition coefficient (Wildman–Crippen LogP) is 3.59. The minimum absolute atomic E-state index is 0.0158. The topological polar surface area (TPSA) is 58.9 Å². The lowest BCUT2D eigenvalue weighted by atomic mass is 10.0. The number of imidazole rings is 1. The number of benzene rings is 1. The van der Waals surface area contributed by atoms with Crippen molar-refractivity contribution in [2.24, 2.45) is 0 Å². The van der Waals surface area contributed by atoms with Crippen LogP contribution in [0.4, 0.5) is 14.5 Å².